The van der Waals surface area contributed by atoms with Gasteiger partial charge in [-0.1, -0.05) is 37.1 Å². The summed E-state index contributed by atoms with van der Waals surface area (Å²) in [6, 6.07) is 0. The van der Waals surface area contributed by atoms with Gasteiger partial charge in [-0.15, -0.1) is 0 Å². The van der Waals surface area contributed by atoms with Crippen LogP contribution in [-0.4, -0.2) is 24.6 Å². The first-order valence-electron chi connectivity index (χ1n) is 12.0. The monoisotopic (exact) mass is 436 g/mol. The summed E-state index contributed by atoms with van der Waals surface area (Å²) in [5.74, 6) is 0.603. The van der Waals surface area contributed by atoms with Crippen LogP contribution in [0.3, 0.4) is 0 Å². The van der Waals surface area contributed by atoms with Gasteiger partial charge in [0, 0.05) is 16.7 Å². The first-order valence-corrected chi connectivity index (χ1v) is 12.0. The Morgan fingerprint density at radius 3 is 2.69 bits per heavy atom. The van der Waals surface area contributed by atoms with Crippen LogP contribution in [0.2, 0.25) is 0 Å². The first kappa shape index (κ1) is 22.9. The average molecular weight is 437 g/mol. The SMILES string of the molecule is C=C1CC[C@@H]2[C@](C)(CCC[C@]2(C)C(=O)OC)[C@H]1CCC1=CCC2=C(C1)C(=O)C=C(C)C2=O. The second-order valence-corrected chi connectivity index (χ2v) is 10.8. The molecule has 0 spiro atoms. The molecule has 4 aliphatic carbocycles. The van der Waals surface area contributed by atoms with Crippen LogP contribution in [-0.2, 0) is 19.1 Å². The van der Waals surface area contributed by atoms with Crippen LogP contribution in [0.25, 0.3) is 0 Å². The molecule has 0 saturated heterocycles. The van der Waals surface area contributed by atoms with Crippen molar-refractivity contribution in [2.45, 2.75) is 78.6 Å². The number of hydrogen-bond acceptors (Lipinski definition) is 4. The van der Waals surface area contributed by atoms with Crippen LogP contribution in [0.4, 0.5) is 0 Å². The van der Waals surface area contributed by atoms with Crippen molar-refractivity contribution in [2.75, 3.05) is 7.11 Å². The Balaban J connectivity index is 1.50. The van der Waals surface area contributed by atoms with Crippen LogP contribution in [0.5, 0.6) is 0 Å². The number of carbonyl (C=O) groups is 3. The minimum atomic E-state index is -0.427. The summed E-state index contributed by atoms with van der Waals surface area (Å²) >= 11 is 0. The van der Waals surface area contributed by atoms with Gasteiger partial charge in [0.1, 0.15) is 0 Å². The van der Waals surface area contributed by atoms with Gasteiger partial charge in [-0.2, -0.15) is 0 Å². The highest BCUT2D eigenvalue weighted by Crippen LogP contribution is 2.62. The van der Waals surface area contributed by atoms with Gasteiger partial charge in [-0.3, -0.25) is 14.4 Å². The molecule has 4 heteroatoms. The molecule has 4 atom stereocenters. The number of allylic oxidation sites excluding steroid dienone is 7. The number of methoxy groups -OCH3 is 1. The number of Topliss-reactive ketones (excluding diaryl/α,β-unsaturated/α-hetero) is 1. The zero-order chi connectivity index (χ0) is 23.3. The lowest BCUT2D eigenvalue weighted by Gasteiger charge is -2.57. The molecule has 0 radical (unpaired) electrons. The number of ether oxygens (including phenoxy) is 1. The van der Waals surface area contributed by atoms with Crippen molar-refractivity contribution in [3.05, 3.63) is 46.6 Å². The largest absolute Gasteiger partial charge is 0.469 e. The zero-order valence-corrected chi connectivity index (χ0v) is 20.0. The first-order chi connectivity index (χ1) is 15.1. The number of esters is 1. The van der Waals surface area contributed by atoms with Crippen molar-refractivity contribution in [3.63, 3.8) is 0 Å². The van der Waals surface area contributed by atoms with Crippen molar-refractivity contribution in [3.8, 4) is 0 Å². The van der Waals surface area contributed by atoms with E-state index in [0.717, 1.165) is 44.9 Å². The Morgan fingerprint density at radius 1 is 1.22 bits per heavy atom. The summed E-state index contributed by atoms with van der Waals surface area (Å²) in [4.78, 5) is 37.7. The average Bonchev–Trinajstić information content (AvgIpc) is 2.76. The molecule has 4 aliphatic rings. The van der Waals surface area contributed by atoms with Gasteiger partial charge in [0.15, 0.2) is 11.6 Å². The Hall–Kier alpha value is -2.23. The van der Waals surface area contributed by atoms with Gasteiger partial charge in [-0.05, 0) is 88.5 Å². The fourth-order valence-corrected chi connectivity index (χ4v) is 7.31. The molecule has 0 aromatic rings. The summed E-state index contributed by atoms with van der Waals surface area (Å²) in [5.41, 5.74) is 4.10. The molecule has 4 nitrogen and oxygen atoms in total. The number of hydrogen-bond donors (Lipinski definition) is 0. The fraction of sp³-hybridized carbons (Fsp3) is 0.607. The van der Waals surface area contributed by atoms with E-state index in [0.29, 0.717) is 41.4 Å². The van der Waals surface area contributed by atoms with E-state index in [-0.39, 0.29) is 23.0 Å². The van der Waals surface area contributed by atoms with Gasteiger partial charge in [0.05, 0.1) is 12.5 Å². The van der Waals surface area contributed by atoms with Crippen molar-refractivity contribution in [1.29, 1.82) is 0 Å². The maximum atomic E-state index is 12.8. The van der Waals surface area contributed by atoms with E-state index in [2.05, 4.69) is 26.5 Å². The van der Waals surface area contributed by atoms with E-state index >= 15 is 0 Å². The van der Waals surface area contributed by atoms with Crippen LogP contribution >= 0.6 is 0 Å². The van der Waals surface area contributed by atoms with E-state index in [4.69, 9.17) is 4.74 Å². The topological polar surface area (TPSA) is 60.4 Å². The summed E-state index contributed by atoms with van der Waals surface area (Å²) in [6.45, 7) is 10.6. The van der Waals surface area contributed by atoms with E-state index in [1.54, 1.807) is 6.92 Å². The second kappa shape index (κ2) is 8.28. The lowest BCUT2D eigenvalue weighted by Crippen LogP contribution is -2.53. The third kappa shape index (κ3) is 3.56. The number of rotatable bonds is 4. The Labute approximate surface area is 191 Å². The molecule has 0 aromatic carbocycles. The predicted octanol–water partition coefficient (Wildman–Crippen LogP) is 5.83. The molecule has 0 unspecified atom stereocenters. The summed E-state index contributed by atoms with van der Waals surface area (Å²) in [5, 5.41) is 0. The van der Waals surface area contributed by atoms with E-state index in [1.165, 1.54) is 24.3 Å². The molecular weight excluding hydrogens is 400 g/mol. The third-order valence-electron chi connectivity index (χ3n) is 9.07. The van der Waals surface area contributed by atoms with Crippen molar-refractivity contribution in [1.82, 2.24) is 0 Å². The van der Waals surface area contributed by atoms with Gasteiger partial charge >= 0.3 is 5.97 Å². The van der Waals surface area contributed by atoms with Crippen LogP contribution < -0.4 is 0 Å². The molecule has 0 N–H and O–H groups in total. The van der Waals surface area contributed by atoms with Gasteiger partial charge < -0.3 is 4.74 Å². The minimum absolute atomic E-state index is 0.00192. The summed E-state index contributed by atoms with van der Waals surface area (Å²) in [7, 11) is 1.51. The predicted molar refractivity (Wildman–Crippen MR) is 125 cm³/mol. The molecule has 2 saturated carbocycles. The Kier molecular flexibility index (Phi) is 5.94. The highest BCUT2D eigenvalue weighted by molar-refractivity contribution is 6.22. The fourth-order valence-electron chi connectivity index (χ4n) is 7.31. The van der Waals surface area contributed by atoms with E-state index in [1.807, 2.05) is 0 Å². The van der Waals surface area contributed by atoms with Crippen LogP contribution in [0.15, 0.2) is 46.6 Å². The maximum absolute atomic E-state index is 12.8. The molecule has 0 amide bonds. The van der Waals surface area contributed by atoms with E-state index in [9.17, 15) is 14.4 Å². The third-order valence-corrected chi connectivity index (χ3v) is 9.07. The highest BCUT2D eigenvalue weighted by atomic mass is 16.5. The molecule has 4 rings (SSSR count). The normalized spacial score (nSPS) is 35.1. The molecule has 2 fully saturated rings. The Bertz CT molecular complexity index is 977. The molecule has 172 valence electrons. The lowest BCUT2D eigenvalue weighted by molar-refractivity contribution is -0.168. The van der Waals surface area contributed by atoms with Crippen molar-refractivity contribution < 1.29 is 19.1 Å². The van der Waals surface area contributed by atoms with Crippen LogP contribution in [0.1, 0.15) is 78.6 Å². The second-order valence-electron chi connectivity index (χ2n) is 10.8. The molecule has 0 aliphatic heterocycles. The molecule has 0 bridgehead atoms. The lowest BCUT2D eigenvalue weighted by atomic mass is 9.46. The van der Waals surface area contributed by atoms with Crippen LogP contribution in [0, 0.1) is 22.7 Å². The standard InChI is InChI=1S/C28H36O4/c1-17-7-12-24-27(3,13-6-14-28(24,4)26(31)32-5)22(17)11-9-19-8-10-20-21(16-19)23(29)15-18(2)25(20)30/h8,15,22,24H,1,6-7,9-14,16H2,2-5H3/t22-,24+,27+,28-/m0/s1. The number of carbonyl (C=O) groups excluding carboxylic acids is 3. The Morgan fingerprint density at radius 2 is 1.97 bits per heavy atom. The van der Waals surface area contributed by atoms with E-state index < -0.39 is 5.41 Å². The highest BCUT2D eigenvalue weighted by Gasteiger charge is 2.57. The minimum Gasteiger partial charge on any atom is -0.469 e. The molecule has 0 aromatic heterocycles. The van der Waals surface area contributed by atoms with Gasteiger partial charge in [-0.25, -0.2) is 0 Å². The van der Waals surface area contributed by atoms with Gasteiger partial charge in [0.25, 0.3) is 0 Å². The number of ketones is 2. The smallest absolute Gasteiger partial charge is 0.311 e. The molecule has 32 heavy (non-hydrogen) atoms. The van der Waals surface area contributed by atoms with Gasteiger partial charge in [0.2, 0.25) is 0 Å². The molecular formula is C28H36O4. The maximum Gasteiger partial charge on any atom is 0.311 e. The van der Waals surface area contributed by atoms with Crippen molar-refractivity contribution >= 4 is 17.5 Å². The zero-order valence-electron chi connectivity index (χ0n) is 20.0. The quantitative estimate of drug-likeness (QED) is 0.316. The molecule has 0 heterocycles. The summed E-state index contributed by atoms with van der Waals surface area (Å²) < 4.78 is 5.24. The summed E-state index contributed by atoms with van der Waals surface area (Å²) in [6.07, 6.45) is 11.7. The van der Waals surface area contributed by atoms with Crippen molar-refractivity contribution in [2.24, 2.45) is 22.7 Å². The number of fused-ring (bicyclic) bond motifs is 1.